The summed E-state index contributed by atoms with van der Waals surface area (Å²) in [7, 11) is 1.46. The number of hydrogen-bond donors (Lipinski definition) is 2. The summed E-state index contributed by atoms with van der Waals surface area (Å²) in [4.78, 5) is 40.7. The number of fused-ring (bicyclic) bond motifs is 1. The van der Waals surface area contributed by atoms with E-state index in [1.807, 2.05) is 0 Å². The molecule has 1 heterocycles. The smallest absolute Gasteiger partial charge is 0.331 e. The molecule has 32 heavy (non-hydrogen) atoms. The van der Waals surface area contributed by atoms with E-state index in [-0.39, 0.29) is 11.3 Å². The number of carbonyl (C=O) groups excluding carboxylic acids is 2. The molecule has 2 unspecified atom stereocenters. The molecule has 0 radical (unpaired) electrons. The predicted molar refractivity (Wildman–Crippen MR) is 119 cm³/mol. The number of carbonyl (C=O) groups is 3. The third kappa shape index (κ3) is 3.90. The number of hydrogen-bond acceptors (Lipinski definition) is 4. The molecule has 4 rings (SSSR count). The summed E-state index contributed by atoms with van der Waals surface area (Å²) in [6.07, 6.45) is 0. The lowest BCUT2D eigenvalue weighted by Crippen LogP contribution is -2.44. The zero-order chi connectivity index (χ0) is 22.8. The molecule has 1 aliphatic rings. The number of halogens is 1. The monoisotopic (exact) mass is 450 g/mol. The predicted octanol–water partition coefficient (Wildman–Crippen LogP) is 4.31. The van der Waals surface area contributed by atoms with Gasteiger partial charge in [-0.15, -0.1) is 0 Å². The first-order valence-corrected chi connectivity index (χ1v) is 10.1. The minimum Gasteiger partial charge on any atom is -0.497 e. The zero-order valence-electron chi connectivity index (χ0n) is 17.0. The molecule has 2 atom stereocenters. The molecule has 1 aliphatic heterocycles. The number of rotatable bonds is 5. The molecular formula is C24H19ClN2O5. The fraction of sp³-hybridized carbons (Fsp3) is 0.125. The number of methoxy groups -OCH3 is 1. The first kappa shape index (κ1) is 21.4. The van der Waals surface area contributed by atoms with Crippen molar-refractivity contribution in [1.82, 2.24) is 4.90 Å². The van der Waals surface area contributed by atoms with Crippen molar-refractivity contribution < 1.29 is 24.2 Å². The van der Waals surface area contributed by atoms with Crippen molar-refractivity contribution in [3.05, 3.63) is 94.5 Å². The summed E-state index contributed by atoms with van der Waals surface area (Å²) in [5, 5.41) is 13.4. The number of nitrogens with zero attached hydrogens (tertiary/aromatic N) is 1. The molecule has 2 N–H and O–H groups in total. The first-order chi connectivity index (χ1) is 15.4. The molecule has 3 aromatic rings. The average molecular weight is 451 g/mol. The second kappa shape index (κ2) is 8.72. The Morgan fingerprint density at radius 1 is 1.06 bits per heavy atom. The van der Waals surface area contributed by atoms with Gasteiger partial charge in [0.15, 0.2) is 6.04 Å². The second-order valence-corrected chi connectivity index (χ2v) is 7.66. The number of benzene rings is 3. The number of ether oxygens (including phenoxy) is 1. The summed E-state index contributed by atoms with van der Waals surface area (Å²) >= 11 is 6.01. The fourth-order valence-corrected chi connectivity index (χ4v) is 3.93. The van der Waals surface area contributed by atoms with E-state index in [2.05, 4.69) is 5.32 Å². The normalized spacial score (nSPS) is 16.6. The molecule has 0 saturated carbocycles. The van der Waals surface area contributed by atoms with Gasteiger partial charge in [-0.25, -0.2) is 4.79 Å². The standard InChI is InChI=1S/C24H19ClN2O5/c1-32-17-11-12-19-18(13-17)23(29)27(21(24(30)31)14-5-3-2-4-6-14)20(22(28)26-19)15-7-9-16(25)10-8-15/h2-13,20-21H,1H3,(H,26,28)(H,30,31). The number of anilines is 1. The Hall–Kier alpha value is -3.84. The van der Waals surface area contributed by atoms with Crippen LogP contribution in [-0.2, 0) is 9.59 Å². The zero-order valence-corrected chi connectivity index (χ0v) is 17.7. The van der Waals surface area contributed by atoms with Crippen LogP contribution in [-0.4, -0.2) is 34.9 Å². The highest BCUT2D eigenvalue weighted by molar-refractivity contribution is 6.30. The molecule has 0 aromatic heterocycles. The Morgan fingerprint density at radius 3 is 2.38 bits per heavy atom. The lowest BCUT2D eigenvalue weighted by Gasteiger charge is -2.34. The largest absolute Gasteiger partial charge is 0.497 e. The van der Waals surface area contributed by atoms with Crippen molar-refractivity contribution in [3.8, 4) is 5.75 Å². The second-order valence-electron chi connectivity index (χ2n) is 7.22. The van der Waals surface area contributed by atoms with E-state index < -0.39 is 29.9 Å². The van der Waals surface area contributed by atoms with Gasteiger partial charge in [0.2, 0.25) is 0 Å². The highest BCUT2D eigenvalue weighted by Crippen LogP contribution is 2.38. The van der Waals surface area contributed by atoms with Gasteiger partial charge in [0.05, 0.1) is 18.4 Å². The van der Waals surface area contributed by atoms with Crippen LogP contribution in [0.15, 0.2) is 72.8 Å². The SMILES string of the molecule is COc1ccc2c(c1)C(=O)N(C(C(=O)O)c1ccccc1)C(c1ccc(Cl)cc1)C(=O)N2. The van der Waals surface area contributed by atoms with Crippen LogP contribution in [0.4, 0.5) is 5.69 Å². The molecule has 8 heteroatoms. The van der Waals surface area contributed by atoms with Gasteiger partial charge < -0.3 is 20.1 Å². The Kier molecular flexibility index (Phi) is 5.83. The first-order valence-electron chi connectivity index (χ1n) is 9.75. The molecule has 3 aromatic carbocycles. The van der Waals surface area contributed by atoms with Crippen LogP contribution in [0.5, 0.6) is 5.75 Å². The number of amides is 2. The Balaban J connectivity index is 1.95. The van der Waals surface area contributed by atoms with Crippen molar-refractivity contribution >= 4 is 35.1 Å². The van der Waals surface area contributed by atoms with Crippen LogP contribution in [0.3, 0.4) is 0 Å². The van der Waals surface area contributed by atoms with Gasteiger partial charge in [-0.05, 0) is 41.5 Å². The van der Waals surface area contributed by atoms with Crippen molar-refractivity contribution in [2.75, 3.05) is 12.4 Å². The lowest BCUT2D eigenvalue weighted by atomic mass is 9.97. The van der Waals surface area contributed by atoms with E-state index in [1.54, 1.807) is 66.7 Å². The van der Waals surface area contributed by atoms with Gasteiger partial charge in [-0.2, -0.15) is 0 Å². The van der Waals surface area contributed by atoms with Crippen LogP contribution in [0.2, 0.25) is 5.02 Å². The Morgan fingerprint density at radius 2 is 1.75 bits per heavy atom. The molecule has 0 fully saturated rings. The van der Waals surface area contributed by atoms with Crippen LogP contribution < -0.4 is 10.1 Å². The van der Waals surface area contributed by atoms with E-state index in [4.69, 9.17) is 16.3 Å². The van der Waals surface area contributed by atoms with Gasteiger partial charge in [0, 0.05) is 5.02 Å². The van der Waals surface area contributed by atoms with Crippen LogP contribution in [0.25, 0.3) is 0 Å². The molecule has 0 bridgehead atoms. The summed E-state index contributed by atoms with van der Waals surface area (Å²) in [6, 6.07) is 16.8. The quantitative estimate of drug-likeness (QED) is 0.603. The molecule has 7 nitrogen and oxygen atoms in total. The van der Waals surface area contributed by atoms with Gasteiger partial charge in [0.25, 0.3) is 11.8 Å². The number of carboxylic acids is 1. The van der Waals surface area contributed by atoms with Gasteiger partial charge in [-0.1, -0.05) is 54.1 Å². The van der Waals surface area contributed by atoms with Gasteiger partial charge in [-0.3, -0.25) is 9.59 Å². The summed E-state index contributed by atoms with van der Waals surface area (Å²) in [5.74, 6) is -2.01. The lowest BCUT2D eigenvalue weighted by molar-refractivity contribution is -0.144. The minimum absolute atomic E-state index is 0.136. The van der Waals surface area contributed by atoms with Gasteiger partial charge in [0.1, 0.15) is 11.8 Å². The van der Waals surface area contributed by atoms with E-state index in [1.165, 1.54) is 13.2 Å². The Labute approximate surface area is 189 Å². The van der Waals surface area contributed by atoms with E-state index >= 15 is 0 Å². The summed E-state index contributed by atoms with van der Waals surface area (Å²) in [6.45, 7) is 0. The minimum atomic E-state index is -1.41. The number of nitrogens with one attached hydrogen (secondary N) is 1. The topological polar surface area (TPSA) is 95.9 Å². The number of carboxylic acid groups (broad SMARTS) is 1. The molecule has 0 spiro atoms. The average Bonchev–Trinajstić information content (AvgIpc) is 2.89. The third-order valence-electron chi connectivity index (χ3n) is 5.29. The van der Waals surface area contributed by atoms with Crippen LogP contribution >= 0.6 is 11.6 Å². The van der Waals surface area contributed by atoms with Crippen LogP contribution in [0, 0.1) is 0 Å². The summed E-state index contributed by atoms with van der Waals surface area (Å²) < 4.78 is 5.23. The maximum Gasteiger partial charge on any atom is 0.331 e. The Bertz CT molecular complexity index is 1180. The number of aliphatic carboxylic acids is 1. The fourth-order valence-electron chi connectivity index (χ4n) is 3.80. The highest BCUT2D eigenvalue weighted by Gasteiger charge is 2.43. The maximum atomic E-state index is 13.8. The van der Waals surface area contributed by atoms with E-state index in [9.17, 15) is 19.5 Å². The van der Waals surface area contributed by atoms with Crippen molar-refractivity contribution in [1.29, 1.82) is 0 Å². The van der Waals surface area contributed by atoms with Gasteiger partial charge >= 0.3 is 5.97 Å². The molecule has 0 saturated heterocycles. The van der Waals surface area contributed by atoms with E-state index in [0.29, 0.717) is 21.9 Å². The van der Waals surface area contributed by atoms with Crippen molar-refractivity contribution in [3.63, 3.8) is 0 Å². The summed E-state index contributed by atoms with van der Waals surface area (Å²) in [5.41, 5.74) is 1.21. The maximum absolute atomic E-state index is 13.8. The van der Waals surface area contributed by atoms with Crippen molar-refractivity contribution in [2.24, 2.45) is 0 Å². The molecule has 0 aliphatic carbocycles. The van der Waals surface area contributed by atoms with Crippen LogP contribution in [0.1, 0.15) is 33.6 Å². The van der Waals surface area contributed by atoms with E-state index in [0.717, 1.165) is 4.90 Å². The molecule has 162 valence electrons. The highest BCUT2D eigenvalue weighted by atomic mass is 35.5. The third-order valence-corrected chi connectivity index (χ3v) is 5.54. The molecule has 2 amide bonds. The molecular weight excluding hydrogens is 432 g/mol. The van der Waals surface area contributed by atoms with Crippen molar-refractivity contribution in [2.45, 2.75) is 12.1 Å².